The molecule has 0 aromatic carbocycles. The van der Waals surface area contributed by atoms with Gasteiger partial charge in [0.25, 0.3) is 0 Å². The molecule has 1 fully saturated rings. The van der Waals surface area contributed by atoms with Gasteiger partial charge in [-0.1, -0.05) is 69.2 Å². The molecule has 1 rings (SSSR count). The van der Waals surface area contributed by atoms with Crippen LogP contribution >= 0.6 is 0 Å². The van der Waals surface area contributed by atoms with Crippen LogP contribution in [0.15, 0.2) is 0 Å². The minimum absolute atomic E-state index is 1.11. The van der Waals surface area contributed by atoms with E-state index in [2.05, 4.69) is 69.2 Å². The third kappa shape index (κ3) is 4.05. The van der Waals surface area contributed by atoms with Crippen molar-refractivity contribution in [3.63, 3.8) is 0 Å². The largest absolute Gasteiger partial charge is 0.455 e. The van der Waals surface area contributed by atoms with Crippen LogP contribution in [0.5, 0.6) is 0 Å². The molecular formula is C20H50O3Si5. The number of hydrogen-bond donors (Lipinski definition) is 0. The molecule has 168 valence electrons. The molecule has 0 N–H and O–H groups in total. The van der Waals surface area contributed by atoms with Gasteiger partial charge in [0.05, 0.1) is 0 Å². The summed E-state index contributed by atoms with van der Waals surface area (Å²) >= 11 is 0. The van der Waals surface area contributed by atoms with E-state index in [1.165, 1.54) is 48.4 Å². The first-order chi connectivity index (χ1) is 13.2. The Kier molecular flexibility index (Phi) is 10.1. The summed E-state index contributed by atoms with van der Waals surface area (Å²) in [5.41, 5.74) is 0. The Morgan fingerprint density at radius 3 is 0.714 bits per heavy atom. The van der Waals surface area contributed by atoms with Crippen LogP contribution in [-0.4, -0.2) is 39.9 Å². The zero-order valence-electron chi connectivity index (χ0n) is 20.8. The normalized spacial score (nSPS) is 25.1. The fraction of sp³-hybridized carbons (Fsp3) is 1.00. The molecule has 1 aliphatic heterocycles. The van der Waals surface area contributed by atoms with Crippen molar-refractivity contribution >= 4 is 39.9 Å². The number of rotatable bonds is 10. The van der Waals surface area contributed by atoms with Crippen molar-refractivity contribution in [3.8, 4) is 0 Å². The average molecular weight is 479 g/mol. The van der Waals surface area contributed by atoms with Crippen LogP contribution in [0.3, 0.4) is 0 Å². The third-order valence-corrected chi connectivity index (χ3v) is 54.4. The van der Waals surface area contributed by atoms with Crippen LogP contribution in [0.1, 0.15) is 69.2 Å². The molecule has 1 heterocycles. The van der Waals surface area contributed by atoms with Gasteiger partial charge in [0.15, 0.2) is 31.3 Å². The predicted molar refractivity (Wildman–Crippen MR) is 137 cm³/mol. The zero-order valence-corrected chi connectivity index (χ0v) is 25.8. The third-order valence-electron chi connectivity index (χ3n) is 8.46. The Balaban J connectivity index is 3.93. The van der Waals surface area contributed by atoms with E-state index in [-0.39, 0.29) is 0 Å². The second-order valence-electron chi connectivity index (χ2n) is 8.73. The SMILES string of the molecule is CC[Si]1(CC)O[Si](CC)(CC)[Si](CC)(CC)O[Si](CC)(CC)[Si](CC)(CC)O1. The van der Waals surface area contributed by atoms with E-state index in [0.29, 0.717) is 0 Å². The molecule has 28 heavy (non-hydrogen) atoms. The summed E-state index contributed by atoms with van der Waals surface area (Å²) in [4.78, 5) is 0. The summed E-state index contributed by atoms with van der Waals surface area (Å²) in [6.07, 6.45) is 0. The maximum atomic E-state index is 7.81. The monoisotopic (exact) mass is 478 g/mol. The summed E-state index contributed by atoms with van der Waals surface area (Å²) in [5, 5.41) is 0. The van der Waals surface area contributed by atoms with Gasteiger partial charge in [-0.05, 0) is 60.4 Å². The number of hydrogen-bond acceptors (Lipinski definition) is 3. The van der Waals surface area contributed by atoms with Gasteiger partial charge in [-0.25, -0.2) is 0 Å². The van der Waals surface area contributed by atoms with Gasteiger partial charge in [-0.15, -0.1) is 0 Å². The highest BCUT2D eigenvalue weighted by Gasteiger charge is 2.68. The summed E-state index contributed by atoms with van der Waals surface area (Å²) in [6.45, 7) is 24.1. The van der Waals surface area contributed by atoms with Crippen LogP contribution in [0.25, 0.3) is 0 Å². The van der Waals surface area contributed by atoms with Crippen molar-refractivity contribution in [1.29, 1.82) is 0 Å². The Morgan fingerprint density at radius 2 is 0.536 bits per heavy atom. The first-order valence-electron chi connectivity index (χ1n) is 12.3. The van der Waals surface area contributed by atoms with E-state index in [9.17, 15) is 0 Å². The maximum Gasteiger partial charge on any atom is 0.316 e. The standard InChI is InChI=1S/C20H50O3Si5/c1-11-24(12-2)21-25(13-3,14-4)27(17-7,18-8)23-28(19-9,20-10)26(15-5,16-6)22-24/h11-20H2,1-10H3. The van der Waals surface area contributed by atoms with Crippen molar-refractivity contribution in [2.45, 2.75) is 130 Å². The lowest BCUT2D eigenvalue weighted by molar-refractivity contribution is 0.355. The van der Waals surface area contributed by atoms with Crippen molar-refractivity contribution in [2.75, 3.05) is 0 Å². The molecule has 1 saturated heterocycles. The van der Waals surface area contributed by atoms with Crippen molar-refractivity contribution in [1.82, 2.24) is 0 Å². The molecule has 0 saturated carbocycles. The highest BCUT2D eigenvalue weighted by Crippen LogP contribution is 2.49. The Hall–Kier alpha value is 0.964. The lowest BCUT2D eigenvalue weighted by atomic mass is 10.9. The fourth-order valence-electron chi connectivity index (χ4n) is 6.17. The van der Waals surface area contributed by atoms with E-state index < -0.39 is 39.9 Å². The highest BCUT2D eigenvalue weighted by atomic mass is 29.3. The second-order valence-corrected chi connectivity index (χ2v) is 39.0. The summed E-state index contributed by atoms with van der Waals surface area (Å²) < 4.78 is 22.9. The van der Waals surface area contributed by atoms with E-state index in [4.69, 9.17) is 12.3 Å². The molecule has 0 aliphatic carbocycles. The van der Waals surface area contributed by atoms with Gasteiger partial charge in [0, 0.05) is 0 Å². The highest BCUT2D eigenvalue weighted by molar-refractivity contribution is 7.46. The van der Waals surface area contributed by atoms with Crippen molar-refractivity contribution in [3.05, 3.63) is 0 Å². The van der Waals surface area contributed by atoms with Crippen LogP contribution in [0.4, 0.5) is 0 Å². The average Bonchev–Trinajstić information content (AvgIpc) is 2.76. The molecule has 1 aliphatic rings. The minimum atomic E-state index is -2.20. The van der Waals surface area contributed by atoms with Gasteiger partial charge in [-0.2, -0.15) is 0 Å². The second kappa shape index (κ2) is 10.5. The molecule has 0 amide bonds. The smallest absolute Gasteiger partial charge is 0.316 e. The van der Waals surface area contributed by atoms with Gasteiger partial charge >= 0.3 is 8.56 Å². The molecule has 0 unspecified atom stereocenters. The lowest BCUT2D eigenvalue weighted by Crippen LogP contribution is -2.81. The first kappa shape index (κ1) is 27.0. The molecule has 3 nitrogen and oxygen atoms in total. The van der Waals surface area contributed by atoms with Gasteiger partial charge in [0.1, 0.15) is 0 Å². The molecule has 0 atom stereocenters. The van der Waals surface area contributed by atoms with Crippen LogP contribution in [-0.2, 0) is 12.3 Å². The predicted octanol–water partition coefficient (Wildman–Crippen LogP) is 7.63. The van der Waals surface area contributed by atoms with Crippen LogP contribution < -0.4 is 0 Å². The quantitative estimate of drug-likeness (QED) is 0.302. The van der Waals surface area contributed by atoms with E-state index in [1.807, 2.05) is 0 Å². The molecule has 0 bridgehead atoms. The van der Waals surface area contributed by atoms with Crippen LogP contribution in [0.2, 0.25) is 60.4 Å². The molecule has 0 spiro atoms. The first-order valence-corrected chi connectivity index (χ1v) is 25.9. The van der Waals surface area contributed by atoms with E-state index in [1.54, 1.807) is 0 Å². The zero-order chi connectivity index (χ0) is 21.7. The lowest BCUT2D eigenvalue weighted by Gasteiger charge is -2.61. The maximum absolute atomic E-state index is 7.81. The Bertz CT molecular complexity index is 430. The summed E-state index contributed by atoms with van der Waals surface area (Å²) in [5.74, 6) is 0. The summed E-state index contributed by atoms with van der Waals surface area (Å²) in [6, 6.07) is 12.0. The van der Waals surface area contributed by atoms with Crippen LogP contribution in [0, 0.1) is 0 Å². The fourth-order valence-corrected chi connectivity index (χ4v) is 62.9. The molecule has 0 radical (unpaired) electrons. The van der Waals surface area contributed by atoms with E-state index >= 15 is 0 Å². The molecular weight excluding hydrogens is 429 g/mol. The van der Waals surface area contributed by atoms with Gasteiger partial charge in [-0.3, -0.25) is 0 Å². The topological polar surface area (TPSA) is 27.7 Å². The minimum Gasteiger partial charge on any atom is -0.455 e. The molecule has 0 aromatic rings. The van der Waals surface area contributed by atoms with Crippen molar-refractivity contribution in [2.24, 2.45) is 0 Å². The van der Waals surface area contributed by atoms with Gasteiger partial charge < -0.3 is 12.3 Å². The Labute approximate surface area is 181 Å². The Morgan fingerprint density at radius 1 is 0.321 bits per heavy atom. The van der Waals surface area contributed by atoms with Gasteiger partial charge in [0.2, 0.25) is 0 Å². The van der Waals surface area contributed by atoms with E-state index in [0.717, 1.165) is 12.1 Å². The molecule has 0 aromatic heterocycles. The molecule has 8 heteroatoms. The van der Waals surface area contributed by atoms with Crippen molar-refractivity contribution < 1.29 is 12.3 Å². The summed E-state index contributed by atoms with van der Waals surface area (Å²) in [7, 11) is -10.0.